The summed E-state index contributed by atoms with van der Waals surface area (Å²) in [5.41, 5.74) is 1.75. The van der Waals surface area contributed by atoms with Crippen molar-refractivity contribution >= 4 is 23.1 Å². The number of aromatic nitrogens is 3. The fraction of sp³-hybridized carbons (Fsp3) is 0.440. The molecule has 0 unspecified atom stereocenters. The highest BCUT2D eigenvalue weighted by molar-refractivity contribution is 5.97. The van der Waals surface area contributed by atoms with Crippen LogP contribution in [0.3, 0.4) is 0 Å². The normalized spacial score (nSPS) is 21.1. The molecule has 0 bridgehead atoms. The van der Waals surface area contributed by atoms with Gasteiger partial charge in [-0.2, -0.15) is 18.3 Å². The Morgan fingerprint density at radius 1 is 1.18 bits per heavy atom. The first kappa shape index (κ1) is 26.8. The van der Waals surface area contributed by atoms with Crippen LogP contribution in [0.1, 0.15) is 47.2 Å². The molecule has 2 aliphatic rings. The lowest BCUT2D eigenvalue weighted by Crippen LogP contribution is -2.47. The number of nitrogens with zero attached hydrogens (tertiary/aromatic N) is 4. The minimum atomic E-state index is -4.85. The number of anilines is 1. The van der Waals surface area contributed by atoms with Crippen LogP contribution in [0, 0.1) is 12.7 Å². The number of aliphatic hydroxyl groups is 1. The van der Waals surface area contributed by atoms with Crippen LogP contribution in [0.2, 0.25) is 0 Å². The van der Waals surface area contributed by atoms with Gasteiger partial charge in [0, 0.05) is 17.7 Å². The third-order valence-electron chi connectivity index (χ3n) is 7.40. The smallest absolute Gasteiger partial charge is 0.382 e. The molecule has 2 aromatic heterocycles. The van der Waals surface area contributed by atoms with Gasteiger partial charge in [0.25, 0.3) is 11.8 Å². The molecule has 1 saturated carbocycles. The van der Waals surface area contributed by atoms with Gasteiger partial charge in [-0.05, 0) is 56.4 Å². The van der Waals surface area contributed by atoms with Crippen LogP contribution in [0.15, 0.2) is 24.5 Å². The fourth-order valence-electron chi connectivity index (χ4n) is 5.37. The molecule has 0 spiro atoms. The summed E-state index contributed by atoms with van der Waals surface area (Å²) in [5.74, 6) is -2.77. The quantitative estimate of drug-likeness (QED) is 0.428. The van der Waals surface area contributed by atoms with Crippen molar-refractivity contribution in [3.63, 3.8) is 0 Å². The van der Waals surface area contributed by atoms with Gasteiger partial charge in [-0.25, -0.2) is 18.3 Å². The van der Waals surface area contributed by atoms with E-state index in [0.29, 0.717) is 18.9 Å². The lowest BCUT2D eigenvalue weighted by molar-refractivity contribution is -0.149. The zero-order chi connectivity index (χ0) is 28.3. The van der Waals surface area contributed by atoms with Crippen LogP contribution in [-0.2, 0) is 11.0 Å². The molecule has 2 atom stereocenters. The van der Waals surface area contributed by atoms with Crippen molar-refractivity contribution in [3.8, 4) is 11.3 Å². The number of rotatable bonds is 4. The van der Waals surface area contributed by atoms with Crippen molar-refractivity contribution in [2.45, 2.75) is 56.6 Å². The van der Waals surface area contributed by atoms with E-state index in [-0.39, 0.29) is 48.3 Å². The fourth-order valence-corrected chi connectivity index (χ4v) is 5.37. The number of amides is 2. The van der Waals surface area contributed by atoms with E-state index < -0.39 is 58.5 Å². The van der Waals surface area contributed by atoms with Gasteiger partial charge in [-0.1, -0.05) is 0 Å². The Bertz CT molecular complexity index is 1470. The Balaban J connectivity index is 1.45. The van der Waals surface area contributed by atoms with Crippen molar-refractivity contribution in [1.29, 1.82) is 0 Å². The average Bonchev–Trinajstić information content (AvgIpc) is 3.57. The molecule has 3 aromatic rings. The molecule has 9 nitrogen and oxygen atoms in total. The maximum absolute atomic E-state index is 15.1. The molecule has 0 radical (unpaired) electrons. The van der Waals surface area contributed by atoms with Crippen LogP contribution in [-0.4, -0.2) is 67.3 Å². The monoisotopic (exact) mass is 552 g/mol. The molecule has 208 valence electrons. The number of aryl methyl sites for hydroxylation is 1. The van der Waals surface area contributed by atoms with Gasteiger partial charge in [0.05, 0.1) is 23.8 Å². The Kier molecular flexibility index (Phi) is 6.48. The predicted octanol–water partition coefficient (Wildman–Crippen LogP) is 3.03. The van der Waals surface area contributed by atoms with Crippen molar-refractivity contribution in [1.82, 2.24) is 24.8 Å². The number of nitrogen functional groups attached to an aromatic ring is 1. The van der Waals surface area contributed by atoms with E-state index in [1.165, 1.54) is 11.8 Å². The maximum atomic E-state index is 15.1. The van der Waals surface area contributed by atoms with Gasteiger partial charge in [0.15, 0.2) is 5.82 Å². The van der Waals surface area contributed by atoms with Crippen molar-refractivity contribution in [2.75, 3.05) is 18.8 Å². The van der Waals surface area contributed by atoms with E-state index in [0.717, 1.165) is 23.0 Å². The highest BCUT2D eigenvalue weighted by Crippen LogP contribution is 2.39. The Morgan fingerprint density at radius 3 is 2.54 bits per heavy atom. The van der Waals surface area contributed by atoms with Crippen molar-refractivity contribution in [2.24, 2.45) is 0 Å². The molecule has 1 aliphatic carbocycles. The second kappa shape index (κ2) is 9.43. The third-order valence-corrected chi connectivity index (χ3v) is 7.40. The number of alkyl halides is 4. The minimum absolute atomic E-state index is 0.108. The molecule has 2 fully saturated rings. The number of fused-ring (bicyclic) bond motifs is 1. The lowest BCUT2D eigenvalue weighted by atomic mass is 10.0. The first-order valence-corrected chi connectivity index (χ1v) is 12.3. The number of nitrogens with two attached hydrogens (primary N) is 1. The Morgan fingerprint density at radius 2 is 1.87 bits per heavy atom. The summed E-state index contributed by atoms with van der Waals surface area (Å²) in [4.78, 5) is 30.7. The van der Waals surface area contributed by atoms with E-state index in [2.05, 4.69) is 15.4 Å². The molecule has 2 amide bonds. The highest BCUT2D eigenvalue weighted by atomic mass is 19.4. The van der Waals surface area contributed by atoms with E-state index in [1.54, 1.807) is 0 Å². The molecule has 14 heteroatoms. The zero-order valence-electron chi connectivity index (χ0n) is 20.7. The molecular formula is C25H25F5N6O3. The van der Waals surface area contributed by atoms with E-state index in [1.807, 2.05) is 0 Å². The number of carbonyl (C=O) groups is 2. The average molecular weight is 553 g/mol. The number of hydrogen-bond donors (Lipinski definition) is 3. The summed E-state index contributed by atoms with van der Waals surface area (Å²) in [7, 11) is 0. The zero-order valence-corrected chi connectivity index (χ0v) is 20.7. The number of nitrogens with one attached hydrogen (secondary N) is 1. The topological polar surface area (TPSA) is 126 Å². The van der Waals surface area contributed by atoms with E-state index in [4.69, 9.17) is 5.73 Å². The maximum Gasteiger partial charge on any atom is 0.418 e. The molecule has 1 aliphatic heterocycles. The first-order chi connectivity index (χ1) is 18.3. The summed E-state index contributed by atoms with van der Waals surface area (Å²) in [6.07, 6.45) is -3.61. The van der Waals surface area contributed by atoms with Crippen molar-refractivity contribution < 1.29 is 36.6 Å². The largest absolute Gasteiger partial charge is 0.418 e. The number of carbonyl (C=O) groups excluding carboxylic acids is 2. The van der Waals surface area contributed by atoms with Crippen molar-refractivity contribution in [3.05, 3.63) is 47.0 Å². The Labute approximate surface area is 218 Å². The standard InChI is InChI=1S/C25H25F5N6O3/c1-12-6-16(26)14(19-8-15(25(28,29)30)20-21(31)32-11-33-36(19)20)7-13(12)22(37)34-18-10-35(9-17(18)27)23(38)24(39)4-2-3-5-24/h6-8,11,17-18,39H,2-5,9-10H2,1H3,(H,34,37)(H2,31,32,33)/t17-,18+/m0/s1. The molecular weight excluding hydrogens is 527 g/mol. The van der Waals surface area contributed by atoms with Gasteiger partial charge in [-0.15, -0.1) is 0 Å². The molecule has 1 aromatic carbocycles. The molecule has 4 N–H and O–H groups in total. The number of hydrogen-bond acceptors (Lipinski definition) is 6. The second-order valence-electron chi connectivity index (χ2n) is 10.0. The Hall–Kier alpha value is -3.81. The van der Waals surface area contributed by atoms with Gasteiger partial charge in [-0.3, -0.25) is 9.59 Å². The van der Waals surface area contributed by atoms with Crippen LogP contribution in [0.4, 0.5) is 27.8 Å². The predicted molar refractivity (Wildman–Crippen MR) is 129 cm³/mol. The lowest BCUT2D eigenvalue weighted by Gasteiger charge is -2.27. The van der Waals surface area contributed by atoms with Gasteiger partial charge in [0.1, 0.15) is 29.4 Å². The first-order valence-electron chi connectivity index (χ1n) is 12.3. The summed E-state index contributed by atoms with van der Waals surface area (Å²) < 4.78 is 71.8. The number of benzene rings is 1. The minimum Gasteiger partial charge on any atom is -0.382 e. The van der Waals surface area contributed by atoms with Gasteiger partial charge >= 0.3 is 6.18 Å². The van der Waals surface area contributed by atoms with E-state index >= 15 is 4.39 Å². The number of likely N-dealkylation sites (tertiary alicyclic amines) is 1. The van der Waals surface area contributed by atoms with Crippen LogP contribution >= 0.6 is 0 Å². The molecule has 3 heterocycles. The second-order valence-corrected chi connectivity index (χ2v) is 10.0. The summed E-state index contributed by atoms with van der Waals surface area (Å²) in [6, 6.07) is 1.61. The summed E-state index contributed by atoms with van der Waals surface area (Å²) in [6.45, 7) is 0.944. The molecule has 5 rings (SSSR count). The van der Waals surface area contributed by atoms with Crippen LogP contribution in [0.5, 0.6) is 0 Å². The molecule has 39 heavy (non-hydrogen) atoms. The SMILES string of the molecule is Cc1cc(F)c(-c2cc(C(F)(F)F)c3c(N)ncnn23)cc1C(=O)N[C@@H]1CN(C(=O)C2(O)CCCC2)C[C@@H]1F. The number of halogens is 5. The van der Waals surface area contributed by atoms with Gasteiger partial charge < -0.3 is 21.1 Å². The van der Waals surface area contributed by atoms with Gasteiger partial charge in [0.2, 0.25) is 0 Å². The third kappa shape index (κ3) is 4.66. The van der Waals surface area contributed by atoms with E-state index in [9.17, 15) is 32.3 Å². The van der Waals surface area contributed by atoms with Crippen LogP contribution < -0.4 is 11.1 Å². The molecule has 1 saturated heterocycles. The highest BCUT2D eigenvalue weighted by Gasteiger charge is 2.46. The summed E-state index contributed by atoms with van der Waals surface area (Å²) in [5, 5.41) is 16.9. The summed E-state index contributed by atoms with van der Waals surface area (Å²) >= 11 is 0. The van der Waals surface area contributed by atoms with Crippen LogP contribution in [0.25, 0.3) is 16.8 Å².